The summed E-state index contributed by atoms with van der Waals surface area (Å²) in [6, 6.07) is 11.6. The third kappa shape index (κ3) is 9.24. The topological polar surface area (TPSA) is 238 Å². The van der Waals surface area contributed by atoms with Gasteiger partial charge in [-0.25, -0.2) is 9.78 Å². The molecule has 4 amide bonds. The van der Waals surface area contributed by atoms with Crippen molar-refractivity contribution in [2.45, 2.75) is 56.3 Å². The number of carboxylic acid groups (broad SMARTS) is 1. The van der Waals surface area contributed by atoms with Crippen molar-refractivity contribution in [1.82, 2.24) is 30.9 Å². The number of fused-ring (bicyclic) bond motifs is 1. The van der Waals surface area contributed by atoms with Gasteiger partial charge in [0.15, 0.2) is 0 Å². The van der Waals surface area contributed by atoms with Gasteiger partial charge in [0.1, 0.15) is 18.1 Å². The van der Waals surface area contributed by atoms with E-state index in [4.69, 9.17) is 11.5 Å². The molecule has 45 heavy (non-hydrogen) atoms. The van der Waals surface area contributed by atoms with Gasteiger partial charge in [0, 0.05) is 48.3 Å². The molecular formula is C31H36N8O6. The molecule has 4 aromatic rings. The Bertz CT molecular complexity index is 1620. The number of rotatable bonds is 16. The molecule has 14 heteroatoms. The number of carboxylic acids is 1. The van der Waals surface area contributed by atoms with Crippen LogP contribution in [-0.4, -0.2) is 73.8 Å². The molecule has 14 nitrogen and oxygen atoms in total. The first-order chi connectivity index (χ1) is 21.6. The van der Waals surface area contributed by atoms with Gasteiger partial charge in [-0.05, 0) is 30.0 Å². The Kier molecular flexibility index (Phi) is 11.0. The fourth-order valence-corrected chi connectivity index (χ4v) is 4.89. The van der Waals surface area contributed by atoms with E-state index < -0.39 is 53.8 Å². The van der Waals surface area contributed by atoms with Gasteiger partial charge in [-0.2, -0.15) is 0 Å². The number of nitrogens with zero attached hydrogens (tertiary/aromatic N) is 1. The van der Waals surface area contributed by atoms with Crippen molar-refractivity contribution >= 4 is 40.5 Å². The van der Waals surface area contributed by atoms with Crippen LogP contribution in [0.25, 0.3) is 10.9 Å². The number of aromatic nitrogens is 3. The quantitative estimate of drug-likeness (QED) is 0.0854. The van der Waals surface area contributed by atoms with Crippen LogP contribution in [0.15, 0.2) is 73.3 Å². The number of hydrogen-bond acceptors (Lipinski definition) is 7. The number of nitrogens with two attached hydrogens (primary N) is 2. The normalized spacial score (nSPS) is 13.7. The Morgan fingerprint density at radius 3 is 2.16 bits per heavy atom. The van der Waals surface area contributed by atoms with Gasteiger partial charge in [-0.15, -0.1) is 0 Å². The lowest BCUT2D eigenvalue weighted by Crippen LogP contribution is -2.58. The number of hydrogen-bond donors (Lipinski definition) is 8. The number of aromatic amines is 2. The molecule has 2 aromatic heterocycles. The summed E-state index contributed by atoms with van der Waals surface area (Å²) in [5.74, 6) is -4.14. The highest BCUT2D eigenvalue weighted by Crippen LogP contribution is 2.19. The summed E-state index contributed by atoms with van der Waals surface area (Å²) in [5.41, 5.74) is 14.2. The van der Waals surface area contributed by atoms with Crippen LogP contribution in [0.5, 0.6) is 0 Å². The van der Waals surface area contributed by atoms with E-state index in [1.54, 1.807) is 6.20 Å². The van der Waals surface area contributed by atoms with Crippen molar-refractivity contribution in [3.63, 3.8) is 0 Å². The molecule has 0 saturated heterocycles. The summed E-state index contributed by atoms with van der Waals surface area (Å²) in [5, 5.41) is 18.5. The molecule has 0 aliphatic carbocycles. The largest absolute Gasteiger partial charge is 0.480 e. The van der Waals surface area contributed by atoms with Crippen molar-refractivity contribution in [3.8, 4) is 0 Å². The number of benzene rings is 2. The molecule has 0 aliphatic heterocycles. The summed E-state index contributed by atoms with van der Waals surface area (Å²) >= 11 is 0. The number of amides is 4. The zero-order chi connectivity index (χ0) is 32.3. The molecule has 0 saturated carbocycles. The number of carbonyl (C=O) groups excluding carboxylic acids is 4. The average molecular weight is 617 g/mol. The van der Waals surface area contributed by atoms with E-state index in [1.165, 1.54) is 12.5 Å². The second-order valence-electron chi connectivity index (χ2n) is 10.7. The van der Waals surface area contributed by atoms with Crippen LogP contribution in [0.1, 0.15) is 29.7 Å². The van der Waals surface area contributed by atoms with Crippen molar-refractivity contribution < 1.29 is 29.1 Å². The summed E-state index contributed by atoms with van der Waals surface area (Å²) in [7, 11) is 0. The van der Waals surface area contributed by atoms with Crippen LogP contribution in [0.3, 0.4) is 0 Å². The molecule has 0 spiro atoms. The molecule has 2 aromatic carbocycles. The Labute approximate surface area is 258 Å². The summed E-state index contributed by atoms with van der Waals surface area (Å²) in [4.78, 5) is 73.6. The molecule has 2 heterocycles. The van der Waals surface area contributed by atoms with E-state index in [2.05, 4.69) is 30.9 Å². The number of carbonyl (C=O) groups is 5. The monoisotopic (exact) mass is 616 g/mol. The first kappa shape index (κ1) is 32.4. The van der Waals surface area contributed by atoms with E-state index in [9.17, 15) is 29.1 Å². The summed E-state index contributed by atoms with van der Waals surface area (Å²) in [6.07, 6.45) is 4.28. The van der Waals surface area contributed by atoms with Crippen molar-refractivity contribution in [2.24, 2.45) is 11.5 Å². The van der Waals surface area contributed by atoms with Gasteiger partial charge in [0.2, 0.25) is 23.6 Å². The first-order valence-electron chi connectivity index (χ1n) is 14.3. The Morgan fingerprint density at radius 1 is 0.800 bits per heavy atom. The summed E-state index contributed by atoms with van der Waals surface area (Å²) < 4.78 is 0. The highest BCUT2D eigenvalue weighted by Gasteiger charge is 2.31. The fraction of sp³-hybridized carbons (Fsp3) is 0.290. The van der Waals surface area contributed by atoms with Crippen molar-refractivity contribution in [2.75, 3.05) is 0 Å². The van der Waals surface area contributed by atoms with Crippen LogP contribution in [0, 0.1) is 0 Å². The van der Waals surface area contributed by atoms with Gasteiger partial charge in [0.05, 0.1) is 12.4 Å². The zero-order valence-electron chi connectivity index (χ0n) is 24.4. The highest BCUT2D eigenvalue weighted by atomic mass is 16.4. The minimum Gasteiger partial charge on any atom is -0.480 e. The number of H-pyrrole nitrogens is 2. The van der Waals surface area contributed by atoms with Crippen molar-refractivity contribution in [1.29, 1.82) is 0 Å². The molecular weight excluding hydrogens is 580 g/mol. The smallest absolute Gasteiger partial charge is 0.326 e. The fourth-order valence-electron chi connectivity index (χ4n) is 4.89. The number of nitrogens with one attached hydrogen (secondary N) is 5. The van der Waals surface area contributed by atoms with Gasteiger partial charge in [-0.1, -0.05) is 48.5 Å². The van der Waals surface area contributed by atoms with E-state index in [0.717, 1.165) is 16.5 Å². The van der Waals surface area contributed by atoms with E-state index in [-0.39, 0.29) is 32.1 Å². The third-order valence-corrected chi connectivity index (χ3v) is 7.27. The molecule has 0 bridgehead atoms. The number of primary amides is 1. The van der Waals surface area contributed by atoms with Gasteiger partial charge in [-0.3, -0.25) is 19.2 Å². The second-order valence-corrected chi connectivity index (χ2v) is 10.7. The van der Waals surface area contributed by atoms with Crippen LogP contribution in [0.2, 0.25) is 0 Å². The van der Waals surface area contributed by atoms with Gasteiger partial charge < -0.3 is 42.5 Å². The Balaban J connectivity index is 1.49. The van der Waals surface area contributed by atoms with Gasteiger partial charge >= 0.3 is 5.97 Å². The molecule has 4 unspecified atom stereocenters. The molecule has 4 atom stereocenters. The molecule has 4 rings (SSSR count). The first-order valence-corrected chi connectivity index (χ1v) is 14.3. The zero-order valence-corrected chi connectivity index (χ0v) is 24.4. The summed E-state index contributed by atoms with van der Waals surface area (Å²) in [6.45, 7) is 0. The van der Waals surface area contributed by atoms with E-state index in [1.807, 2.05) is 54.6 Å². The maximum Gasteiger partial charge on any atom is 0.326 e. The minimum absolute atomic E-state index is 0.0214. The average Bonchev–Trinajstić information content (AvgIpc) is 3.68. The van der Waals surface area contributed by atoms with Crippen LogP contribution in [0.4, 0.5) is 0 Å². The van der Waals surface area contributed by atoms with Crippen LogP contribution in [-0.2, 0) is 43.2 Å². The minimum atomic E-state index is -1.32. The standard InChI is InChI=1S/C31H36N8O6/c32-22(12-18-6-2-1-3-7-18)28(41)37-24(10-11-27(33)40)29(42)38-25(14-20-16-34-17-36-20)30(43)39-26(31(44)45)13-19-15-35-23-9-5-4-8-21(19)23/h1-9,15-17,22,24-26,35H,10-14,32H2,(H2,33,40)(H,34,36)(H,37,41)(H,38,42)(H,39,43)(H,44,45). The second kappa shape index (κ2) is 15.3. The third-order valence-electron chi connectivity index (χ3n) is 7.27. The lowest BCUT2D eigenvalue weighted by atomic mass is 10.0. The van der Waals surface area contributed by atoms with E-state index in [0.29, 0.717) is 11.3 Å². The molecule has 0 aliphatic rings. The van der Waals surface area contributed by atoms with E-state index >= 15 is 0 Å². The Hall–Kier alpha value is -5.50. The SMILES string of the molecule is NC(=O)CCC(NC(=O)C(N)Cc1ccccc1)C(=O)NC(Cc1cnc[nH]1)C(=O)NC(Cc1c[nH]c2ccccc12)C(=O)O. The maximum absolute atomic E-state index is 13.5. The number of imidazole rings is 1. The van der Waals surface area contributed by atoms with Crippen LogP contribution < -0.4 is 27.4 Å². The molecule has 0 fully saturated rings. The molecule has 0 radical (unpaired) electrons. The van der Waals surface area contributed by atoms with Crippen molar-refractivity contribution in [3.05, 3.63) is 90.1 Å². The van der Waals surface area contributed by atoms with Crippen LogP contribution >= 0.6 is 0 Å². The maximum atomic E-state index is 13.5. The lowest BCUT2D eigenvalue weighted by molar-refractivity contribution is -0.142. The number of aliphatic carboxylic acids is 1. The highest BCUT2D eigenvalue weighted by molar-refractivity contribution is 5.95. The predicted octanol–water partition coefficient (Wildman–Crippen LogP) is 0.0507. The van der Waals surface area contributed by atoms with Gasteiger partial charge in [0.25, 0.3) is 0 Å². The predicted molar refractivity (Wildman–Crippen MR) is 164 cm³/mol. The lowest BCUT2D eigenvalue weighted by Gasteiger charge is -2.25. The molecule has 10 N–H and O–H groups in total. The number of para-hydroxylation sites is 1. The molecule has 236 valence electrons. The Morgan fingerprint density at radius 2 is 1.47 bits per heavy atom.